The van der Waals surface area contributed by atoms with E-state index in [0.29, 0.717) is 5.41 Å². The highest BCUT2D eigenvalue weighted by Gasteiger charge is 2.33. The third kappa shape index (κ3) is 6.09. The summed E-state index contributed by atoms with van der Waals surface area (Å²) in [5.74, 6) is 0.893. The molecule has 20 heavy (non-hydrogen) atoms. The van der Waals surface area contributed by atoms with Crippen LogP contribution in [-0.2, 0) is 9.47 Å². The summed E-state index contributed by atoms with van der Waals surface area (Å²) >= 11 is 0. The first-order chi connectivity index (χ1) is 9.76. The molecule has 0 saturated heterocycles. The van der Waals surface area contributed by atoms with E-state index in [1.165, 1.54) is 25.7 Å². The highest BCUT2D eigenvalue weighted by molar-refractivity contribution is 5.79. The molecule has 0 aromatic heterocycles. The Kier molecular flexibility index (Phi) is 8.62. The van der Waals surface area contributed by atoms with E-state index in [0.717, 1.165) is 45.1 Å². The van der Waals surface area contributed by atoms with Crippen molar-refractivity contribution in [3.8, 4) is 0 Å². The summed E-state index contributed by atoms with van der Waals surface area (Å²) in [6, 6.07) is 0. The van der Waals surface area contributed by atoms with Gasteiger partial charge in [-0.15, -0.1) is 0 Å². The van der Waals surface area contributed by atoms with Gasteiger partial charge in [-0.2, -0.15) is 0 Å². The maximum Gasteiger partial charge on any atom is 0.190 e. The summed E-state index contributed by atoms with van der Waals surface area (Å²) in [5.41, 5.74) is 0.389. The molecule has 0 aliphatic heterocycles. The van der Waals surface area contributed by atoms with Crippen molar-refractivity contribution in [2.45, 2.75) is 38.5 Å². The highest BCUT2D eigenvalue weighted by atomic mass is 16.5. The Morgan fingerprint density at radius 1 is 1.10 bits per heavy atom. The van der Waals surface area contributed by atoms with Crippen LogP contribution in [0.25, 0.3) is 0 Å². The minimum Gasteiger partial charge on any atom is -0.385 e. The quantitative estimate of drug-likeness (QED) is 0.385. The van der Waals surface area contributed by atoms with Crippen molar-refractivity contribution in [1.82, 2.24) is 10.6 Å². The first kappa shape index (κ1) is 17.2. The number of hydrogen-bond acceptors (Lipinski definition) is 3. The molecule has 5 nitrogen and oxygen atoms in total. The van der Waals surface area contributed by atoms with Gasteiger partial charge in [-0.25, -0.2) is 0 Å². The van der Waals surface area contributed by atoms with E-state index in [1.807, 2.05) is 7.05 Å². The second kappa shape index (κ2) is 10.00. The van der Waals surface area contributed by atoms with E-state index in [1.54, 1.807) is 14.2 Å². The van der Waals surface area contributed by atoms with E-state index in [9.17, 15) is 0 Å². The van der Waals surface area contributed by atoms with Gasteiger partial charge in [-0.05, 0) is 31.1 Å². The molecule has 0 atom stereocenters. The standard InChI is InChI=1S/C15H31N3O2/c1-16-14(17-10-6-11-19-2)18-13-15(9-12-20-3)7-4-5-8-15/h4-13H2,1-3H3,(H2,16,17,18). The van der Waals surface area contributed by atoms with Crippen molar-refractivity contribution in [1.29, 1.82) is 0 Å². The van der Waals surface area contributed by atoms with Gasteiger partial charge in [0.05, 0.1) is 0 Å². The topological polar surface area (TPSA) is 54.9 Å². The van der Waals surface area contributed by atoms with Crippen molar-refractivity contribution in [2.24, 2.45) is 10.4 Å². The van der Waals surface area contributed by atoms with E-state index >= 15 is 0 Å². The van der Waals surface area contributed by atoms with Crippen LogP contribution < -0.4 is 10.6 Å². The van der Waals surface area contributed by atoms with Crippen LogP contribution in [0.4, 0.5) is 0 Å². The fourth-order valence-electron chi connectivity index (χ4n) is 2.87. The second-order valence-corrected chi connectivity index (χ2v) is 5.65. The van der Waals surface area contributed by atoms with Gasteiger partial charge in [0.15, 0.2) is 5.96 Å². The lowest BCUT2D eigenvalue weighted by Gasteiger charge is -2.29. The third-order valence-electron chi connectivity index (χ3n) is 4.17. The molecule has 5 heteroatoms. The molecule has 0 amide bonds. The molecule has 1 rings (SSSR count). The fraction of sp³-hybridized carbons (Fsp3) is 0.933. The average Bonchev–Trinajstić information content (AvgIpc) is 2.94. The molecule has 0 aromatic rings. The predicted octanol–water partition coefficient (Wildman–Crippen LogP) is 1.78. The summed E-state index contributed by atoms with van der Waals surface area (Å²) < 4.78 is 10.3. The Bertz CT molecular complexity index is 276. The summed E-state index contributed by atoms with van der Waals surface area (Å²) in [6.07, 6.45) is 7.40. The number of hydrogen-bond donors (Lipinski definition) is 2. The third-order valence-corrected chi connectivity index (χ3v) is 4.17. The molecule has 1 aliphatic carbocycles. The van der Waals surface area contributed by atoms with Gasteiger partial charge in [-0.1, -0.05) is 12.8 Å². The van der Waals surface area contributed by atoms with Crippen LogP contribution in [0.5, 0.6) is 0 Å². The van der Waals surface area contributed by atoms with E-state index in [2.05, 4.69) is 15.6 Å². The number of aliphatic imine (C=N–C) groups is 1. The van der Waals surface area contributed by atoms with Crippen molar-refractivity contribution >= 4 is 5.96 Å². The van der Waals surface area contributed by atoms with Crippen molar-refractivity contribution in [3.63, 3.8) is 0 Å². The SMILES string of the molecule is CN=C(NCCCOC)NCC1(CCOC)CCCC1. The smallest absolute Gasteiger partial charge is 0.190 e. The van der Waals surface area contributed by atoms with Gasteiger partial charge >= 0.3 is 0 Å². The van der Waals surface area contributed by atoms with Gasteiger partial charge in [-0.3, -0.25) is 4.99 Å². The van der Waals surface area contributed by atoms with Crippen LogP contribution in [-0.4, -0.2) is 53.5 Å². The fourth-order valence-corrected chi connectivity index (χ4v) is 2.87. The summed E-state index contributed by atoms with van der Waals surface area (Å²) in [5, 5.41) is 6.81. The minimum absolute atomic E-state index is 0.389. The Labute approximate surface area is 123 Å². The van der Waals surface area contributed by atoms with Gasteiger partial charge in [0.1, 0.15) is 0 Å². The van der Waals surface area contributed by atoms with Gasteiger partial charge in [0.25, 0.3) is 0 Å². The molecule has 2 N–H and O–H groups in total. The molecular weight excluding hydrogens is 254 g/mol. The Balaban J connectivity index is 2.33. The lowest BCUT2D eigenvalue weighted by atomic mass is 9.83. The number of methoxy groups -OCH3 is 2. The van der Waals surface area contributed by atoms with E-state index in [4.69, 9.17) is 9.47 Å². The number of nitrogens with zero attached hydrogens (tertiary/aromatic N) is 1. The van der Waals surface area contributed by atoms with Crippen LogP contribution in [0.3, 0.4) is 0 Å². The molecule has 118 valence electrons. The minimum atomic E-state index is 0.389. The number of nitrogens with one attached hydrogen (secondary N) is 2. The normalized spacial score (nSPS) is 18.2. The van der Waals surface area contributed by atoms with Crippen LogP contribution in [0, 0.1) is 5.41 Å². The molecule has 0 heterocycles. The van der Waals surface area contributed by atoms with Crippen molar-refractivity contribution in [3.05, 3.63) is 0 Å². The Morgan fingerprint density at radius 3 is 2.40 bits per heavy atom. The molecule has 1 aliphatic rings. The van der Waals surface area contributed by atoms with Crippen molar-refractivity contribution < 1.29 is 9.47 Å². The lowest BCUT2D eigenvalue weighted by Crippen LogP contribution is -2.43. The second-order valence-electron chi connectivity index (χ2n) is 5.65. The van der Waals surface area contributed by atoms with Crippen molar-refractivity contribution in [2.75, 3.05) is 47.6 Å². The molecule has 1 fully saturated rings. The Morgan fingerprint density at radius 2 is 1.80 bits per heavy atom. The molecule has 0 unspecified atom stereocenters. The summed E-state index contributed by atoms with van der Waals surface area (Å²) in [7, 11) is 5.33. The first-order valence-electron chi connectivity index (χ1n) is 7.69. The maximum absolute atomic E-state index is 5.27. The average molecular weight is 285 g/mol. The monoisotopic (exact) mass is 285 g/mol. The number of rotatable bonds is 9. The molecular formula is C15H31N3O2. The lowest BCUT2D eigenvalue weighted by molar-refractivity contribution is 0.138. The van der Waals surface area contributed by atoms with Gasteiger partial charge < -0.3 is 20.1 Å². The number of guanidine groups is 1. The molecule has 0 spiro atoms. The molecule has 0 aromatic carbocycles. The zero-order valence-corrected chi connectivity index (χ0v) is 13.3. The molecule has 0 bridgehead atoms. The van der Waals surface area contributed by atoms with E-state index < -0.39 is 0 Å². The summed E-state index contributed by atoms with van der Waals surface area (Å²) in [4.78, 5) is 4.28. The first-order valence-corrected chi connectivity index (χ1v) is 7.69. The van der Waals surface area contributed by atoms with Gasteiger partial charge in [0, 0.05) is 47.6 Å². The van der Waals surface area contributed by atoms with E-state index in [-0.39, 0.29) is 0 Å². The summed E-state index contributed by atoms with van der Waals surface area (Å²) in [6.45, 7) is 3.50. The molecule has 0 radical (unpaired) electrons. The zero-order chi connectivity index (χ0) is 14.7. The largest absolute Gasteiger partial charge is 0.385 e. The van der Waals surface area contributed by atoms with Crippen LogP contribution in [0.15, 0.2) is 4.99 Å². The predicted molar refractivity (Wildman–Crippen MR) is 83.3 cm³/mol. The molecule has 1 saturated carbocycles. The maximum atomic E-state index is 5.27. The van der Waals surface area contributed by atoms with Crippen LogP contribution in [0.1, 0.15) is 38.5 Å². The number of ether oxygens (including phenoxy) is 2. The zero-order valence-electron chi connectivity index (χ0n) is 13.3. The van der Waals surface area contributed by atoms with Crippen LogP contribution in [0.2, 0.25) is 0 Å². The highest BCUT2D eigenvalue weighted by Crippen LogP contribution is 2.40. The Hall–Kier alpha value is -0.810. The van der Waals surface area contributed by atoms with Gasteiger partial charge in [0.2, 0.25) is 0 Å². The van der Waals surface area contributed by atoms with Crippen LogP contribution >= 0.6 is 0 Å².